The summed E-state index contributed by atoms with van der Waals surface area (Å²) in [7, 11) is 0. The predicted molar refractivity (Wildman–Crippen MR) is 103 cm³/mol. The second-order valence-corrected chi connectivity index (χ2v) is 7.16. The quantitative estimate of drug-likeness (QED) is 0.529. The van der Waals surface area contributed by atoms with E-state index < -0.39 is 23.4 Å². The zero-order valence-electron chi connectivity index (χ0n) is 14.3. The highest BCUT2D eigenvalue weighted by molar-refractivity contribution is 7.98. The molecule has 0 fully saturated rings. The number of thioether (sulfide) groups is 2. The van der Waals surface area contributed by atoms with Crippen LogP contribution in [0.15, 0.2) is 58.3 Å². The zero-order chi connectivity index (χ0) is 19.1. The topological polar surface area (TPSA) is 81.7 Å². The molecular weight excluding hydrogens is 364 g/mol. The Labute approximate surface area is 161 Å². The minimum absolute atomic E-state index is 0.457. The molecular formula is C20H16N2O2S2. The molecule has 0 radical (unpaired) electrons. The third-order valence-corrected chi connectivity index (χ3v) is 5.41. The van der Waals surface area contributed by atoms with Crippen molar-refractivity contribution in [2.45, 2.75) is 21.6 Å². The second kappa shape index (κ2) is 9.24. The summed E-state index contributed by atoms with van der Waals surface area (Å²) < 4.78 is 0. The van der Waals surface area contributed by atoms with Gasteiger partial charge in [0.2, 0.25) is 11.6 Å². The van der Waals surface area contributed by atoms with Gasteiger partial charge < -0.3 is 0 Å². The Morgan fingerprint density at radius 2 is 1.04 bits per heavy atom. The maximum Gasteiger partial charge on any atom is 0.221 e. The lowest BCUT2D eigenvalue weighted by Gasteiger charge is -2.12. The monoisotopic (exact) mass is 380 g/mol. The minimum Gasteiger partial charge on any atom is -0.289 e. The first kappa shape index (κ1) is 19.8. The highest BCUT2D eigenvalue weighted by Crippen LogP contribution is 2.26. The van der Waals surface area contributed by atoms with Crippen LogP contribution in [0, 0.1) is 22.7 Å². The van der Waals surface area contributed by atoms with Crippen molar-refractivity contribution in [1.82, 2.24) is 0 Å². The number of nitriles is 2. The van der Waals surface area contributed by atoms with Crippen LogP contribution in [0.3, 0.4) is 0 Å². The molecule has 0 saturated carbocycles. The van der Waals surface area contributed by atoms with Gasteiger partial charge in [-0.1, -0.05) is 24.3 Å². The van der Waals surface area contributed by atoms with Gasteiger partial charge in [-0.15, -0.1) is 23.5 Å². The van der Waals surface area contributed by atoms with Crippen molar-refractivity contribution in [3.8, 4) is 12.1 Å². The SMILES string of the molecule is CSc1ccc(C(C#N)C(=O)C(=O)C(C#N)c2ccc(SC)cc2)cc1. The van der Waals surface area contributed by atoms with Crippen molar-refractivity contribution in [3.05, 3.63) is 59.7 Å². The van der Waals surface area contributed by atoms with Gasteiger partial charge in [0.05, 0.1) is 12.1 Å². The fourth-order valence-electron chi connectivity index (χ4n) is 2.45. The Bertz CT molecular complexity index is 803. The van der Waals surface area contributed by atoms with E-state index in [1.54, 1.807) is 72.1 Å². The van der Waals surface area contributed by atoms with Gasteiger partial charge in [0.25, 0.3) is 0 Å². The maximum absolute atomic E-state index is 12.6. The molecule has 0 N–H and O–H groups in total. The van der Waals surface area contributed by atoms with E-state index in [-0.39, 0.29) is 0 Å². The summed E-state index contributed by atoms with van der Waals surface area (Å²) in [6.07, 6.45) is 3.84. The van der Waals surface area contributed by atoms with Crippen LogP contribution in [0.25, 0.3) is 0 Å². The molecule has 0 aliphatic rings. The number of carbonyl (C=O) groups excluding carboxylic acids is 2. The van der Waals surface area contributed by atoms with Gasteiger partial charge in [0, 0.05) is 9.79 Å². The molecule has 0 aromatic heterocycles. The van der Waals surface area contributed by atoms with Crippen LogP contribution in [-0.4, -0.2) is 24.1 Å². The molecule has 0 aliphatic heterocycles. The molecule has 2 rings (SSSR count). The molecule has 0 heterocycles. The van der Waals surface area contributed by atoms with Crippen LogP contribution in [0.5, 0.6) is 0 Å². The summed E-state index contributed by atoms with van der Waals surface area (Å²) in [6, 6.07) is 17.6. The first-order valence-electron chi connectivity index (χ1n) is 7.70. The summed E-state index contributed by atoms with van der Waals surface area (Å²) in [5.74, 6) is -4.13. The molecule has 2 atom stereocenters. The maximum atomic E-state index is 12.6. The fraction of sp³-hybridized carbons (Fsp3) is 0.200. The molecule has 130 valence electrons. The summed E-state index contributed by atoms with van der Waals surface area (Å²) >= 11 is 3.08. The van der Waals surface area contributed by atoms with Crippen molar-refractivity contribution >= 4 is 35.1 Å². The fourth-order valence-corrected chi connectivity index (χ4v) is 3.26. The van der Waals surface area contributed by atoms with Crippen molar-refractivity contribution in [3.63, 3.8) is 0 Å². The van der Waals surface area contributed by atoms with Crippen molar-refractivity contribution < 1.29 is 9.59 Å². The van der Waals surface area contributed by atoms with Gasteiger partial charge in [-0.25, -0.2) is 0 Å². The van der Waals surface area contributed by atoms with E-state index in [4.69, 9.17) is 0 Å². The first-order valence-corrected chi connectivity index (χ1v) is 10.2. The smallest absolute Gasteiger partial charge is 0.221 e. The average molecular weight is 380 g/mol. The number of Topliss-reactive ketones (excluding diaryl/α,β-unsaturated/α-hetero) is 2. The molecule has 0 amide bonds. The van der Waals surface area contributed by atoms with E-state index >= 15 is 0 Å². The normalized spacial score (nSPS) is 12.5. The molecule has 2 aromatic carbocycles. The summed E-state index contributed by atoms with van der Waals surface area (Å²) in [6.45, 7) is 0. The van der Waals surface area contributed by atoms with Gasteiger partial charge in [-0.05, 0) is 47.9 Å². The summed E-state index contributed by atoms with van der Waals surface area (Å²) in [5, 5.41) is 18.8. The number of ketones is 2. The number of benzene rings is 2. The Hall–Kier alpha value is -2.54. The molecule has 0 bridgehead atoms. The first-order chi connectivity index (χ1) is 12.5. The molecule has 4 nitrogen and oxygen atoms in total. The zero-order valence-corrected chi connectivity index (χ0v) is 15.9. The molecule has 26 heavy (non-hydrogen) atoms. The Morgan fingerprint density at radius 1 is 0.731 bits per heavy atom. The second-order valence-electron chi connectivity index (χ2n) is 5.40. The van der Waals surface area contributed by atoms with Crippen molar-refractivity contribution in [2.24, 2.45) is 0 Å². The molecule has 0 spiro atoms. The van der Waals surface area contributed by atoms with Gasteiger partial charge in [0.1, 0.15) is 11.8 Å². The van der Waals surface area contributed by atoms with Crippen LogP contribution < -0.4 is 0 Å². The third-order valence-electron chi connectivity index (χ3n) is 3.92. The predicted octanol–water partition coefficient (Wildman–Crippen LogP) is 4.18. The Morgan fingerprint density at radius 3 is 1.27 bits per heavy atom. The van der Waals surface area contributed by atoms with Crippen molar-refractivity contribution in [1.29, 1.82) is 10.5 Å². The Balaban J connectivity index is 2.27. The lowest BCUT2D eigenvalue weighted by Crippen LogP contribution is -2.26. The van der Waals surface area contributed by atoms with E-state index in [0.29, 0.717) is 11.1 Å². The van der Waals surface area contributed by atoms with Gasteiger partial charge in [0.15, 0.2) is 0 Å². The third kappa shape index (κ3) is 4.35. The average Bonchev–Trinajstić information content (AvgIpc) is 2.70. The van der Waals surface area contributed by atoms with Crippen LogP contribution >= 0.6 is 23.5 Å². The standard InChI is InChI=1S/C20H16N2O2S2/c1-25-15-7-3-13(4-8-15)17(11-21)19(23)20(24)18(12-22)14-5-9-16(26-2)10-6-14/h3-10,17-18H,1-2H3. The largest absolute Gasteiger partial charge is 0.289 e. The molecule has 0 saturated heterocycles. The Kier molecular flexibility index (Phi) is 7.03. The van der Waals surface area contributed by atoms with E-state index in [9.17, 15) is 20.1 Å². The van der Waals surface area contributed by atoms with Gasteiger partial charge in [-0.2, -0.15) is 10.5 Å². The minimum atomic E-state index is -1.21. The van der Waals surface area contributed by atoms with E-state index in [2.05, 4.69) is 0 Å². The molecule has 6 heteroatoms. The number of rotatable bonds is 7. The van der Waals surface area contributed by atoms with Crippen LogP contribution in [0.4, 0.5) is 0 Å². The highest BCUT2D eigenvalue weighted by atomic mass is 32.2. The lowest BCUT2D eigenvalue weighted by molar-refractivity contribution is -0.137. The van der Waals surface area contributed by atoms with E-state index in [0.717, 1.165) is 9.79 Å². The molecule has 0 aliphatic carbocycles. The van der Waals surface area contributed by atoms with Gasteiger partial charge in [-0.3, -0.25) is 9.59 Å². The van der Waals surface area contributed by atoms with Crippen LogP contribution in [0.2, 0.25) is 0 Å². The summed E-state index contributed by atoms with van der Waals surface area (Å²) in [4.78, 5) is 27.2. The number of hydrogen-bond donors (Lipinski definition) is 0. The summed E-state index contributed by atoms with van der Waals surface area (Å²) in [5.41, 5.74) is 0.913. The molecule has 2 unspecified atom stereocenters. The van der Waals surface area contributed by atoms with Crippen molar-refractivity contribution in [2.75, 3.05) is 12.5 Å². The van der Waals surface area contributed by atoms with Crippen LogP contribution in [-0.2, 0) is 9.59 Å². The number of hydrogen-bond acceptors (Lipinski definition) is 6. The lowest BCUT2D eigenvalue weighted by atomic mass is 9.86. The van der Waals surface area contributed by atoms with E-state index in [1.165, 1.54) is 0 Å². The van der Waals surface area contributed by atoms with E-state index in [1.807, 2.05) is 24.6 Å². The number of carbonyl (C=O) groups is 2. The number of nitrogens with zero attached hydrogens (tertiary/aromatic N) is 2. The van der Waals surface area contributed by atoms with Gasteiger partial charge >= 0.3 is 0 Å². The highest BCUT2D eigenvalue weighted by Gasteiger charge is 2.33. The molecule has 2 aromatic rings. The van der Waals surface area contributed by atoms with Crippen LogP contribution in [0.1, 0.15) is 23.0 Å².